The molecule has 0 spiro atoms. The molecule has 1 aliphatic heterocycles. The molecule has 1 aromatic rings. The summed E-state index contributed by atoms with van der Waals surface area (Å²) in [5.41, 5.74) is 1.98. The van der Waals surface area contributed by atoms with E-state index < -0.39 is 0 Å². The minimum absolute atomic E-state index is 0.0701. The van der Waals surface area contributed by atoms with Gasteiger partial charge in [-0.15, -0.1) is 0 Å². The fourth-order valence-electron chi connectivity index (χ4n) is 2.56. The van der Waals surface area contributed by atoms with Gasteiger partial charge in [0.25, 0.3) is 0 Å². The van der Waals surface area contributed by atoms with Crippen LogP contribution in [0.15, 0.2) is 24.3 Å². The first kappa shape index (κ1) is 15.8. The largest absolute Gasteiger partial charge is 0.392 e. The highest BCUT2D eigenvalue weighted by Crippen LogP contribution is 2.17. The van der Waals surface area contributed by atoms with Crippen molar-refractivity contribution >= 4 is 11.6 Å². The van der Waals surface area contributed by atoms with Gasteiger partial charge in [0.05, 0.1) is 13.2 Å². The molecule has 116 valence electrons. The van der Waals surface area contributed by atoms with Crippen molar-refractivity contribution in [1.29, 1.82) is 0 Å². The van der Waals surface area contributed by atoms with E-state index in [4.69, 9.17) is 5.11 Å². The second kappa shape index (κ2) is 7.43. The van der Waals surface area contributed by atoms with Crippen LogP contribution < -0.4 is 5.32 Å². The zero-order valence-corrected chi connectivity index (χ0v) is 12.9. The fraction of sp³-hybridized carbons (Fsp3) is 0.562. The number of nitrogens with zero attached hydrogens (tertiary/aromatic N) is 2. The van der Waals surface area contributed by atoms with Gasteiger partial charge in [-0.1, -0.05) is 12.1 Å². The number of piperidine rings is 1. The van der Waals surface area contributed by atoms with E-state index >= 15 is 0 Å². The lowest BCUT2D eigenvalue weighted by Crippen LogP contribution is -2.43. The van der Waals surface area contributed by atoms with Crippen LogP contribution in [0.3, 0.4) is 0 Å². The third-order valence-corrected chi connectivity index (χ3v) is 3.93. The van der Waals surface area contributed by atoms with Crippen LogP contribution in [0.2, 0.25) is 0 Å². The maximum Gasteiger partial charge on any atom is 0.236 e. The number of likely N-dealkylation sites (N-methyl/N-ethyl adjacent to an activating group) is 1. The Balaban J connectivity index is 1.80. The van der Waals surface area contributed by atoms with E-state index in [2.05, 4.69) is 10.2 Å². The molecular weight excluding hydrogens is 266 g/mol. The van der Waals surface area contributed by atoms with Gasteiger partial charge in [-0.25, -0.2) is 0 Å². The first-order valence-electron chi connectivity index (χ1n) is 7.47. The van der Waals surface area contributed by atoms with E-state index in [1.165, 1.54) is 0 Å². The summed E-state index contributed by atoms with van der Waals surface area (Å²) in [4.78, 5) is 15.6. The minimum Gasteiger partial charge on any atom is -0.392 e. The average molecular weight is 291 g/mol. The zero-order chi connectivity index (χ0) is 15.2. The van der Waals surface area contributed by atoms with Gasteiger partial charge in [0, 0.05) is 38.9 Å². The molecular formula is C16H25N3O2. The third kappa shape index (κ3) is 4.72. The monoisotopic (exact) mass is 291 g/mol. The first-order chi connectivity index (χ1) is 10.1. The average Bonchev–Trinajstić information content (AvgIpc) is 2.49. The zero-order valence-electron chi connectivity index (χ0n) is 12.9. The summed E-state index contributed by atoms with van der Waals surface area (Å²) < 4.78 is 0. The molecule has 2 N–H and O–H groups in total. The number of carbonyl (C=O) groups excluding carboxylic acids is 1. The molecule has 21 heavy (non-hydrogen) atoms. The number of aliphatic hydroxyl groups is 1. The maximum atomic E-state index is 11.7. The number of hydrogen-bond acceptors (Lipinski definition) is 4. The molecule has 0 aliphatic carbocycles. The molecule has 5 nitrogen and oxygen atoms in total. The maximum absolute atomic E-state index is 11.7. The van der Waals surface area contributed by atoms with Crippen LogP contribution in [0.1, 0.15) is 18.4 Å². The standard InChI is InChI=1S/C16H25N3O2/c1-18(2)16(21)11-19-8-6-14(7-9-19)17-15-5-3-4-13(10-15)12-20/h3-5,10,14,17,20H,6-9,11-12H2,1-2H3. The van der Waals surface area contributed by atoms with Crippen molar-refractivity contribution in [2.24, 2.45) is 0 Å². The molecule has 1 amide bonds. The highest BCUT2D eigenvalue weighted by atomic mass is 16.3. The second-order valence-electron chi connectivity index (χ2n) is 5.84. The number of anilines is 1. The van der Waals surface area contributed by atoms with Gasteiger partial charge in [-0.2, -0.15) is 0 Å². The number of nitrogens with one attached hydrogen (secondary N) is 1. The Morgan fingerprint density at radius 2 is 2.10 bits per heavy atom. The SMILES string of the molecule is CN(C)C(=O)CN1CCC(Nc2cccc(CO)c2)CC1. The van der Waals surface area contributed by atoms with Crippen molar-refractivity contribution in [2.75, 3.05) is 39.0 Å². The Bertz CT molecular complexity index is 468. The number of carbonyl (C=O) groups is 1. The molecule has 1 aliphatic rings. The summed E-state index contributed by atoms with van der Waals surface area (Å²) in [6.07, 6.45) is 2.06. The summed E-state index contributed by atoms with van der Waals surface area (Å²) in [7, 11) is 3.59. The van der Waals surface area contributed by atoms with Crippen molar-refractivity contribution in [2.45, 2.75) is 25.5 Å². The van der Waals surface area contributed by atoms with Crippen molar-refractivity contribution in [3.63, 3.8) is 0 Å². The first-order valence-corrected chi connectivity index (χ1v) is 7.47. The van der Waals surface area contributed by atoms with E-state index in [1.807, 2.05) is 24.3 Å². The predicted molar refractivity (Wildman–Crippen MR) is 84.1 cm³/mol. The minimum atomic E-state index is 0.0701. The fourth-order valence-corrected chi connectivity index (χ4v) is 2.56. The van der Waals surface area contributed by atoms with E-state index in [1.54, 1.807) is 19.0 Å². The number of likely N-dealkylation sites (tertiary alicyclic amines) is 1. The van der Waals surface area contributed by atoms with Crippen LogP contribution >= 0.6 is 0 Å². The molecule has 0 atom stereocenters. The molecule has 0 aromatic heterocycles. The number of amides is 1. The van der Waals surface area contributed by atoms with Gasteiger partial charge in [0.1, 0.15) is 0 Å². The van der Waals surface area contributed by atoms with Crippen LogP contribution in [0, 0.1) is 0 Å². The van der Waals surface area contributed by atoms with E-state index in [-0.39, 0.29) is 12.5 Å². The van der Waals surface area contributed by atoms with Crippen LogP contribution in [-0.2, 0) is 11.4 Å². The van der Waals surface area contributed by atoms with Crippen molar-refractivity contribution in [3.8, 4) is 0 Å². The molecule has 1 fully saturated rings. The van der Waals surface area contributed by atoms with E-state index in [0.717, 1.165) is 37.2 Å². The summed E-state index contributed by atoms with van der Waals surface area (Å²) >= 11 is 0. The Labute approximate surface area is 126 Å². The predicted octanol–water partition coefficient (Wildman–Crippen LogP) is 1.14. The van der Waals surface area contributed by atoms with Crippen molar-refractivity contribution in [1.82, 2.24) is 9.80 Å². The quantitative estimate of drug-likeness (QED) is 0.854. The lowest BCUT2D eigenvalue weighted by atomic mass is 10.0. The van der Waals surface area contributed by atoms with Crippen molar-refractivity contribution in [3.05, 3.63) is 29.8 Å². The van der Waals surface area contributed by atoms with Gasteiger partial charge in [0.2, 0.25) is 5.91 Å². The van der Waals surface area contributed by atoms with E-state index in [0.29, 0.717) is 12.6 Å². The van der Waals surface area contributed by atoms with Crippen LogP contribution in [0.25, 0.3) is 0 Å². The van der Waals surface area contributed by atoms with Gasteiger partial charge in [-0.3, -0.25) is 9.69 Å². The second-order valence-corrected chi connectivity index (χ2v) is 5.84. The van der Waals surface area contributed by atoms with Crippen LogP contribution in [0.5, 0.6) is 0 Å². The summed E-state index contributed by atoms with van der Waals surface area (Å²) in [6.45, 7) is 2.47. The molecule has 2 rings (SSSR count). The summed E-state index contributed by atoms with van der Waals surface area (Å²) in [5, 5.41) is 12.7. The highest BCUT2D eigenvalue weighted by molar-refractivity contribution is 5.77. The number of aliphatic hydroxyl groups excluding tert-OH is 1. The topological polar surface area (TPSA) is 55.8 Å². The van der Waals surface area contributed by atoms with Gasteiger partial charge in [-0.05, 0) is 30.5 Å². The van der Waals surface area contributed by atoms with Gasteiger partial charge >= 0.3 is 0 Å². The molecule has 0 saturated carbocycles. The molecule has 5 heteroatoms. The number of hydrogen-bond donors (Lipinski definition) is 2. The smallest absolute Gasteiger partial charge is 0.236 e. The Morgan fingerprint density at radius 1 is 1.38 bits per heavy atom. The number of rotatable bonds is 5. The van der Waals surface area contributed by atoms with Gasteiger partial charge in [0.15, 0.2) is 0 Å². The summed E-state index contributed by atoms with van der Waals surface area (Å²) in [6, 6.07) is 8.33. The third-order valence-electron chi connectivity index (χ3n) is 3.93. The molecule has 1 aromatic carbocycles. The molecule has 1 saturated heterocycles. The summed E-state index contributed by atoms with van der Waals surface area (Å²) in [5.74, 6) is 0.164. The van der Waals surface area contributed by atoms with E-state index in [9.17, 15) is 4.79 Å². The van der Waals surface area contributed by atoms with Crippen molar-refractivity contribution < 1.29 is 9.90 Å². The molecule has 0 unspecified atom stereocenters. The number of benzene rings is 1. The normalized spacial score (nSPS) is 16.7. The highest BCUT2D eigenvalue weighted by Gasteiger charge is 2.21. The lowest BCUT2D eigenvalue weighted by Gasteiger charge is -2.33. The molecule has 0 bridgehead atoms. The molecule has 0 radical (unpaired) electrons. The van der Waals surface area contributed by atoms with Crippen LogP contribution in [0.4, 0.5) is 5.69 Å². The Hall–Kier alpha value is -1.59. The molecule has 1 heterocycles. The lowest BCUT2D eigenvalue weighted by molar-refractivity contribution is -0.130. The van der Waals surface area contributed by atoms with Crippen LogP contribution in [-0.4, -0.2) is 60.6 Å². The Morgan fingerprint density at radius 3 is 2.71 bits per heavy atom. The Kier molecular flexibility index (Phi) is 5.59. The van der Waals surface area contributed by atoms with Gasteiger partial charge < -0.3 is 15.3 Å².